The predicted octanol–water partition coefficient (Wildman–Crippen LogP) is 0.899. The number of hydrogen-bond acceptors (Lipinski definition) is 5. The molecule has 1 N–H and O–H groups in total. The van der Waals surface area contributed by atoms with Gasteiger partial charge in [0.15, 0.2) is 0 Å². The van der Waals surface area contributed by atoms with Crippen LogP contribution in [-0.4, -0.2) is 64.9 Å². The predicted molar refractivity (Wildman–Crippen MR) is 88.7 cm³/mol. The van der Waals surface area contributed by atoms with Gasteiger partial charge in [-0.2, -0.15) is 0 Å². The molecule has 0 saturated carbocycles. The van der Waals surface area contributed by atoms with E-state index in [9.17, 15) is 4.79 Å². The molecule has 3 rings (SSSR count). The number of nitrogens with one attached hydrogen (secondary N) is 1. The lowest BCUT2D eigenvalue weighted by Crippen LogP contribution is -2.50. The van der Waals surface area contributed by atoms with Crippen molar-refractivity contribution < 1.29 is 4.79 Å². The van der Waals surface area contributed by atoms with E-state index in [0.29, 0.717) is 12.6 Å². The highest BCUT2D eigenvalue weighted by molar-refractivity contribution is 5.78. The van der Waals surface area contributed by atoms with E-state index in [1.807, 2.05) is 6.07 Å². The highest BCUT2D eigenvalue weighted by Gasteiger charge is 2.30. The first-order valence-electron chi connectivity index (χ1n) is 8.67. The molecule has 1 aromatic rings. The van der Waals surface area contributed by atoms with Crippen molar-refractivity contribution in [3.63, 3.8) is 0 Å². The Kier molecular flexibility index (Phi) is 5.56. The van der Waals surface area contributed by atoms with Crippen molar-refractivity contribution in [2.75, 3.05) is 33.2 Å². The zero-order valence-corrected chi connectivity index (χ0v) is 13.9. The fourth-order valence-corrected chi connectivity index (χ4v) is 3.66. The summed E-state index contributed by atoms with van der Waals surface area (Å²) in [5.74, 6) is 0.284. The van der Waals surface area contributed by atoms with Gasteiger partial charge in [-0.15, -0.1) is 0 Å². The van der Waals surface area contributed by atoms with Gasteiger partial charge in [-0.3, -0.25) is 9.69 Å². The van der Waals surface area contributed by atoms with Crippen LogP contribution in [0.5, 0.6) is 0 Å². The third-order valence-corrected chi connectivity index (χ3v) is 5.12. The van der Waals surface area contributed by atoms with E-state index in [0.717, 1.165) is 31.6 Å². The van der Waals surface area contributed by atoms with Crippen molar-refractivity contribution in [1.82, 2.24) is 25.1 Å². The molecule has 0 radical (unpaired) electrons. The number of piperidine rings is 2. The minimum absolute atomic E-state index is 0.116. The molecule has 2 aliphatic heterocycles. The molecular formula is C17H27N5O. The Hall–Kier alpha value is -1.53. The Morgan fingerprint density at radius 3 is 2.87 bits per heavy atom. The van der Waals surface area contributed by atoms with Crippen LogP contribution in [0.3, 0.4) is 0 Å². The Balaban J connectivity index is 1.48. The van der Waals surface area contributed by atoms with E-state index in [-0.39, 0.29) is 11.8 Å². The molecule has 6 heteroatoms. The van der Waals surface area contributed by atoms with E-state index < -0.39 is 0 Å². The van der Waals surface area contributed by atoms with Crippen molar-refractivity contribution in [2.45, 2.75) is 38.3 Å². The second-order valence-corrected chi connectivity index (χ2v) is 6.79. The molecule has 1 atom stereocenters. The summed E-state index contributed by atoms with van der Waals surface area (Å²) in [5, 5.41) is 3.04. The number of carbonyl (C=O) groups is 1. The van der Waals surface area contributed by atoms with E-state index in [1.165, 1.54) is 32.3 Å². The van der Waals surface area contributed by atoms with Crippen molar-refractivity contribution in [2.24, 2.45) is 5.92 Å². The number of hydrogen-bond donors (Lipinski definition) is 1. The molecule has 1 aromatic heterocycles. The fourth-order valence-electron chi connectivity index (χ4n) is 3.66. The second kappa shape index (κ2) is 7.84. The average Bonchev–Trinajstić information content (AvgIpc) is 2.61. The normalized spacial score (nSPS) is 24.5. The molecule has 23 heavy (non-hydrogen) atoms. The van der Waals surface area contributed by atoms with Crippen LogP contribution < -0.4 is 5.32 Å². The Morgan fingerprint density at radius 2 is 2.13 bits per heavy atom. The summed E-state index contributed by atoms with van der Waals surface area (Å²) in [4.78, 5) is 25.5. The van der Waals surface area contributed by atoms with Gasteiger partial charge in [0.1, 0.15) is 6.33 Å². The lowest BCUT2D eigenvalue weighted by atomic mass is 9.93. The minimum Gasteiger partial charge on any atom is -0.350 e. The first-order chi connectivity index (χ1) is 11.2. The largest absolute Gasteiger partial charge is 0.350 e. The standard InChI is InChI=1S/C17H27N5O/c1-21-9-5-16(6-10-21)22-8-2-3-14(12-22)17(23)19-11-15-4-7-18-13-20-15/h4,7,13-14,16H,2-3,5-6,8-12H2,1H3,(H,19,23)/t14-/m1/s1. The number of aromatic nitrogens is 2. The minimum atomic E-state index is 0.116. The summed E-state index contributed by atoms with van der Waals surface area (Å²) in [5.41, 5.74) is 0.858. The van der Waals surface area contributed by atoms with Crippen LogP contribution in [0.4, 0.5) is 0 Å². The van der Waals surface area contributed by atoms with E-state index in [2.05, 4.69) is 32.1 Å². The van der Waals surface area contributed by atoms with Crippen LogP contribution in [-0.2, 0) is 11.3 Å². The number of rotatable bonds is 4. The number of amides is 1. The van der Waals surface area contributed by atoms with Crippen LogP contribution in [0.2, 0.25) is 0 Å². The number of carbonyl (C=O) groups excluding carboxylic acids is 1. The number of likely N-dealkylation sites (tertiary alicyclic amines) is 2. The second-order valence-electron chi connectivity index (χ2n) is 6.79. The molecule has 0 aliphatic carbocycles. The smallest absolute Gasteiger partial charge is 0.224 e. The van der Waals surface area contributed by atoms with Gasteiger partial charge in [-0.05, 0) is 58.4 Å². The van der Waals surface area contributed by atoms with Gasteiger partial charge in [-0.1, -0.05) is 0 Å². The van der Waals surface area contributed by atoms with Gasteiger partial charge in [0.2, 0.25) is 5.91 Å². The van der Waals surface area contributed by atoms with Crippen molar-refractivity contribution in [1.29, 1.82) is 0 Å². The zero-order chi connectivity index (χ0) is 16.1. The quantitative estimate of drug-likeness (QED) is 0.894. The fraction of sp³-hybridized carbons (Fsp3) is 0.706. The molecule has 2 aliphatic rings. The van der Waals surface area contributed by atoms with Crippen LogP contribution >= 0.6 is 0 Å². The summed E-state index contributed by atoms with van der Waals surface area (Å²) in [6.45, 7) is 4.89. The SMILES string of the molecule is CN1CCC(N2CCC[C@@H](C(=O)NCc3ccncn3)C2)CC1. The van der Waals surface area contributed by atoms with E-state index in [1.54, 1.807) is 6.20 Å². The van der Waals surface area contributed by atoms with Crippen molar-refractivity contribution in [3.8, 4) is 0 Å². The van der Waals surface area contributed by atoms with Gasteiger partial charge in [0.25, 0.3) is 0 Å². The van der Waals surface area contributed by atoms with Gasteiger partial charge >= 0.3 is 0 Å². The summed E-state index contributed by atoms with van der Waals surface area (Å²) in [7, 11) is 2.19. The number of nitrogens with zero attached hydrogens (tertiary/aromatic N) is 4. The monoisotopic (exact) mass is 317 g/mol. The van der Waals surface area contributed by atoms with Gasteiger partial charge in [-0.25, -0.2) is 9.97 Å². The first kappa shape index (κ1) is 16.3. The van der Waals surface area contributed by atoms with Gasteiger partial charge < -0.3 is 10.2 Å². The first-order valence-corrected chi connectivity index (χ1v) is 8.67. The lowest BCUT2D eigenvalue weighted by molar-refractivity contribution is -0.127. The maximum Gasteiger partial charge on any atom is 0.224 e. The third kappa shape index (κ3) is 4.48. The van der Waals surface area contributed by atoms with Crippen molar-refractivity contribution in [3.05, 3.63) is 24.3 Å². The molecule has 126 valence electrons. The highest BCUT2D eigenvalue weighted by Crippen LogP contribution is 2.23. The third-order valence-electron chi connectivity index (χ3n) is 5.12. The maximum absolute atomic E-state index is 12.5. The molecule has 3 heterocycles. The highest BCUT2D eigenvalue weighted by atomic mass is 16.1. The molecule has 0 spiro atoms. The molecular weight excluding hydrogens is 290 g/mol. The molecule has 2 fully saturated rings. The maximum atomic E-state index is 12.5. The van der Waals surface area contributed by atoms with E-state index >= 15 is 0 Å². The Morgan fingerprint density at radius 1 is 1.30 bits per heavy atom. The summed E-state index contributed by atoms with van der Waals surface area (Å²) in [6, 6.07) is 2.50. The molecule has 0 unspecified atom stereocenters. The molecule has 0 aromatic carbocycles. The summed E-state index contributed by atoms with van der Waals surface area (Å²) >= 11 is 0. The van der Waals surface area contributed by atoms with Crippen LogP contribution in [0.15, 0.2) is 18.6 Å². The molecule has 0 bridgehead atoms. The molecule has 6 nitrogen and oxygen atoms in total. The van der Waals surface area contributed by atoms with Crippen LogP contribution in [0.1, 0.15) is 31.4 Å². The lowest BCUT2D eigenvalue weighted by Gasteiger charge is -2.41. The van der Waals surface area contributed by atoms with Crippen molar-refractivity contribution >= 4 is 5.91 Å². The Bertz CT molecular complexity index is 501. The summed E-state index contributed by atoms with van der Waals surface area (Å²) < 4.78 is 0. The molecule has 1 amide bonds. The molecule has 2 saturated heterocycles. The van der Waals surface area contributed by atoms with Crippen LogP contribution in [0, 0.1) is 5.92 Å². The summed E-state index contributed by atoms with van der Waals surface area (Å²) in [6.07, 6.45) is 7.80. The van der Waals surface area contributed by atoms with Crippen LogP contribution in [0.25, 0.3) is 0 Å². The Labute approximate surface area is 138 Å². The topological polar surface area (TPSA) is 61.4 Å². The average molecular weight is 317 g/mol. The zero-order valence-electron chi connectivity index (χ0n) is 13.9. The van der Waals surface area contributed by atoms with Gasteiger partial charge in [0, 0.05) is 18.8 Å². The van der Waals surface area contributed by atoms with E-state index in [4.69, 9.17) is 0 Å². The van der Waals surface area contributed by atoms with Gasteiger partial charge in [0.05, 0.1) is 18.2 Å².